The van der Waals surface area contributed by atoms with Gasteiger partial charge >= 0.3 is 0 Å². The summed E-state index contributed by atoms with van der Waals surface area (Å²) in [4.78, 5) is 0. The van der Waals surface area contributed by atoms with E-state index in [1.807, 2.05) is 6.07 Å². The second-order valence-electron chi connectivity index (χ2n) is 4.43. The lowest BCUT2D eigenvalue weighted by molar-refractivity contribution is 0.443. The standard InChI is InChI=1S/C13H19NOS/c1-2-12-9-16(15)10-13(14-12)8-11-6-4-3-5-7-11/h3-7,12-14H,2,8-10H2,1H3. The van der Waals surface area contributed by atoms with Gasteiger partial charge in [-0.1, -0.05) is 37.3 Å². The molecule has 1 N–H and O–H groups in total. The Hall–Kier alpha value is -0.670. The summed E-state index contributed by atoms with van der Waals surface area (Å²) < 4.78 is 11.7. The van der Waals surface area contributed by atoms with Gasteiger partial charge in [-0.3, -0.25) is 4.21 Å². The van der Waals surface area contributed by atoms with Crippen LogP contribution in [0.15, 0.2) is 30.3 Å². The zero-order chi connectivity index (χ0) is 11.4. The van der Waals surface area contributed by atoms with E-state index in [0.717, 1.165) is 24.3 Å². The van der Waals surface area contributed by atoms with Gasteiger partial charge in [0, 0.05) is 34.4 Å². The molecular formula is C13H19NOS. The van der Waals surface area contributed by atoms with E-state index in [1.54, 1.807) is 0 Å². The molecule has 1 aromatic carbocycles. The average Bonchev–Trinajstić information content (AvgIpc) is 2.29. The fourth-order valence-corrected chi connectivity index (χ4v) is 3.78. The van der Waals surface area contributed by atoms with Crippen molar-refractivity contribution in [2.75, 3.05) is 11.5 Å². The van der Waals surface area contributed by atoms with Gasteiger partial charge in [0.15, 0.2) is 0 Å². The molecule has 3 atom stereocenters. The Bertz CT molecular complexity index is 352. The van der Waals surface area contributed by atoms with Crippen LogP contribution in [0.2, 0.25) is 0 Å². The fourth-order valence-electron chi connectivity index (χ4n) is 2.20. The number of hydrogen-bond acceptors (Lipinski definition) is 2. The summed E-state index contributed by atoms with van der Waals surface area (Å²) in [7, 11) is -0.636. The van der Waals surface area contributed by atoms with Gasteiger partial charge in [-0.2, -0.15) is 0 Å². The van der Waals surface area contributed by atoms with E-state index in [-0.39, 0.29) is 0 Å². The van der Waals surface area contributed by atoms with Crippen molar-refractivity contribution >= 4 is 10.8 Å². The predicted molar refractivity (Wildman–Crippen MR) is 69.0 cm³/mol. The molecule has 3 heteroatoms. The maximum absolute atomic E-state index is 11.7. The Morgan fingerprint density at radius 1 is 1.25 bits per heavy atom. The number of benzene rings is 1. The summed E-state index contributed by atoms with van der Waals surface area (Å²) in [5.74, 6) is 1.62. The Balaban J connectivity index is 1.97. The molecule has 1 aliphatic rings. The summed E-state index contributed by atoms with van der Waals surface area (Å²) >= 11 is 0. The van der Waals surface area contributed by atoms with E-state index in [9.17, 15) is 4.21 Å². The smallest absolute Gasteiger partial charge is 0.0392 e. The summed E-state index contributed by atoms with van der Waals surface area (Å²) in [6.45, 7) is 2.15. The zero-order valence-corrected chi connectivity index (χ0v) is 10.5. The van der Waals surface area contributed by atoms with Crippen LogP contribution < -0.4 is 5.32 Å². The molecule has 1 aliphatic heterocycles. The van der Waals surface area contributed by atoms with E-state index in [4.69, 9.17) is 0 Å². The van der Waals surface area contributed by atoms with Crippen molar-refractivity contribution in [2.45, 2.75) is 31.8 Å². The molecule has 16 heavy (non-hydrogen) atoms. The molecule has 1 heterocycles. The lowest BCUT2D eigenvalue weighted by Gasteiger charge is -2.30. The van der Waals surface area contributed by atoms with Crippen molar-refractivity contribution in [3.63, 3.8) is 0 Å². The summed E-state index contributed by atoms with van der Waals surface area (Å²) in [5.41, 5.74) is 1.33. The highest BCUT2D eigenvalue weighted by Crippen LogP contribution is 2.11. The molecule has 1 saturated heterocycles. The molecule has 1 fully saturated rings. The largest absolute Gasteiger partial charge is 0.309 e. The van der Waals surface area contributed by atoms with E-state index in [0.29, 0.717) is 12.1 Å². The van der Waals surface area contributed by atoms with Gasteiger partial charge in [0.05, 0.1) is 0 Å². The molecular weight excluding hydrogens is 218 g/mol. The van der Waals surface area contributed by atoms with E-state index in [1.165, 1.54) is 5.56 Å². The molecule has 0 aromatic heterocycles. The monoisotopic (exact) mass is 237 g/mol. The molecule has 88 valence electrons. The van der Waals surface area contributed by atoms with Crippen LogP contribution in [0.4, 0.5) is 0 Å². The molecule has 0 bridgehead atoms. The first-order valence-electron chi connectivity index (χ1n) is 5.93. The molecule has 0 amide bonds. The van der Waals surface area contributed by atoms with Gasteiger partial charge in [-0.05, 0) is 18.4 Å². The van der Waals surface area contributed by atoms with Crippen molar-refractivity contribution in [3.8, 4) is 0 Å². The number of rotatable bonds is 3. The van der Waals surface area contributed by atoms with Crippen LogP contribution in [-0.2, 0) is 17.2 Å². The highest BCUT2D eigenvalue weighted by molar-refractivity contribution is 7.85. The maximum Gasteiger partial charge on any atom is 0.0392 e. The van der Waals surface area contributed by atoms with Crippen molar-refractivity contribution in [1.82, 2.24) is 5.32 Å². The summed E-state index contributed by atoms with van der Waals surface area (Å²) in [5, 5.41) is 3.59. The molecule has 3 unspecified atom stereocenters. The predicted octanol–water partition coefficient (Wildman–Crippen LogP) is 1.73. The SMILES string of the molecule is CCC1CS(=O)CC(Cc2ccccc2)N1. The summed E-state index contributed by atoms with van der Waals surface area (Å²) in [6.07, 6.45) is 2.06. The van der Waals surface area contributed by atoms with Gasteiger partial charge in [-0.25, -0.2) is 0 Å². The van der Waals surface area contributed by atoms with Gasteiger partial charge < -0.3 is 5.32 Å². The highest BCUT2D eigenvalue weighted by atomic mass is 32.2. The first kappa shape index (κ1) is 11.8. The molecule has 2 nitrogen and oxygen atoms in total. The van der Waals surface area contributed by atoms with Gasteiger partial charge in [0.1, 0.15) is 0 Å². The minimum atomic E-state index is -0.636. The van der Waals surface area contributed by atoms with Crippen LogP contribution in [-0.4, -0.2) is 27.8 Å². The van der Waals surface area contributed by atoms with Gasteiger partial charge in [-0.15, -0.1) is 0 Å². The van der Waals surface area contributed by atoms with Crippen LogP contribution in [0.25, 0.3) is 0 Å². The third-order valence-electron chi connectivity index (χ3n) is 3.06. The Morgan fingerprint density at radius 3 is 2.62 bits per heavy atom. The first-order chi connectivity index (χ1) is 7.78. The molecule has 2 rings (SSSR count). The zero-order valence-electron chi connectivity index (χ0n) is 9.69. The van der Waals surface area contributed by atoms with Crippen LogP contribution in [0.5, 0.6) is 0 Å². The second kappa shape index (κ2) is 5.60. The van der Waals surface area contributed by atoms with Crippen molar-refractivity contribution in [2.24, 2.45) is 0 Å². The maximum atomic E-state index is 11.7. The van der Waals surface area contributed by atoms with Crippen molar-refractivity contribution in [3.05, 3.63) is 35.9 Å². The van der Waals surface area contributed by atoms with Gasteiger partial charge in [0.2, 0.25) is 0 Å². The summed E-state index contributed by atoms with van der Waals surface area (Å²) in [6, 6.07) is 11.2. The first-order valence-corrected chi connectivity index (χ1v) is 7.41. The van der Waals surface area contributed by atoms with Crippen molar-refractivity contribution in [1.29, 1.82) is 0 Å². The number of hydrogen-bond donors (Lipinski definition) is 1. The molecule has 0 radical (unpaired) electrons. The second-order valence-corrected chi connectivity index (χ2v) is 5.98. The topological polar surface area (TPSA) is 29.1 Å². The highest BCUT2D eigenvalue weighted by Gasteiger charge is 2.24. The van der Waals surface area contributed by atoms with Crippen LogP contribution in [0.3, 0.4) is 0 Å². The Kier molecular flexibility index (Phi) is 4.13. The van der Waals surface area contributed by atoms with Gasteiger partial charge in [0.25, 0.3) is 0 Å². The van der Waals surface area contributed by atoms with Crippen LogP contribution >= 0.6 is 0 Å². The van der Waals surface area contributed by atoms with Crippen molar-refractivity contribution < 1.29 is 4.21 Å². The molecule has 0 saturated carbocycles. The van der Waals surface area contributed by atoms with E-state index >= 15 is 0 Å². The normalized spacial score (nSPS) is 30.2. The third-order valence-corrected chi connectivity index (χ3v) is 4.61. The third kappa shape index (κ3) is 3.16. The molecule has 0 aliphatic carbocycles. The van der Waals surface area contributed by atoms with E-state index in [2.05, 4.69) is 36.5 Å². The van der Waals surface area contributed by atoms with E-state index < -0.39 is 10.8 Å². The Labute approximate surface area is 99.9 Å². The van der Waals surface area contributed by atoms with Crippen LogP contribution in [0.1, 0.15) is 18.9 Å². The van der Waals surface area contributed by atoms with Crippen LogP contribution in [0, 0.1) is 0 Å². The minimum absolute atomic E-state index is 0.377. The minimum Gasteiger partial charge on any atom is -0.309 e. The Morgan fingerprint density at radius 2 is 1.94 bits per heavy atom. The number of nitrogens with one attached hydrogen (secondary N) is 1. The lowest BCUT2D eigenvalue weighted by Crippen LogP contribution is -2.50. The quantitative estimate of drug-likeness (QED) is 0.867. The molecule has 0 spiro atoms. The lowest BCUT2D eigenvalue weighted by atomic mass is 10.1. The molecule has 1 aromatic rings. The average molecular weight is 237 g/mol. The fraction of sp³-hybridized carbons (Fsp3) is 0.538.